The second-order valence-electron chi connectivity index (χ2n) is 19.1. The largest absolute Gasteiger partial charge is 0.497 e. The number of pyridine rings is 1. The first-order valence-electron chi connectivity index (χ1n) is 23.9. The van der Waals surface area contributed by atoms with Gasteiger partial charge in [0.05, 0.1) is 37.7 Å². The summed E-state index contributed by atoms with van der Waals surface area (Å²) in [6.07, 6.45) is 6.53. The lowest BCUT2D eigenvalue weighted by Gasteiger charge is -2.36. The number of aromatic nitrogens is 2. The molecule has 68 heavy (non-hydrogen) atoms. The fourth-order valence-electron chi connectivity index (χ4n) is 9.56. The standard InChI is InChI=1S/C54H66N8O6/c1-10-37-21-23-55-31-43(37)50-42-30-54(6,7)32-68-53(66)45-16-13-25-62(59-45)52(65)46(28-36-14-12-15-38(27-36)39-17-20-47(41(42)29-39)61(50)11-2)58-51(64)49(34(3)4)60(8)48(63)22-24-56-33-57-44-19-18-40(67-9)26-35(44)5/h12,14-15,17-21,23,26-27,29,31,34,45-46,49,59H,10-11,13,16,22,24-25,28,30,32H2,1-9H3,(H,58,64)/t45-,46-,49-/m0/s1. The van der Waals surface area contributed by atoms with Gasteiger partial charge in [-0.2, -0.15) is 4.99 Å². The molecule has 14 nitrogen and oxygen atoms in total. The quantitative estimate of drug-likeness (QED) is 0.0935. The van der Waals surface area contributed by atoms with E-state index < -0.39 is 35.4 Å². The fourth-order valence-corrected chi connectivity index (χ4v) is 9.56. The summed E-state index contributed by atoms with van der Waals surface area (Å²) in [6.45, 7) is 15.6. The van der Waals surface area contributed by atoms with Gasteiger partial charge >= 0.3 is 5.97 Å². The molecule has 2 N–H and O–H groups in total. The number of likely N-dealkylation sites (N-methyl/N-ethyl adjacent to an activating group) is 1. The van der Waals surface area contributed by atoms with Gasteiger partial charge in [0.25, 0.3) is 5.91 Å². The van der Waals surface area contributed by atoms with E-state index in [9.17, 15) is 19.2 Å². The summed E-state index contributed by atoms with van der Waals surface area (Å²) < 4.78 is 13.8. The molecule has 5 aromatic rings. The number of fused-ring (bicyclic) bond motifs is 6. The number of aryl methyl sites for hydroxylation is 3. The lowest BCUT2D eigenvalue weighted by Crippen LogP contribution is -2.62. The number of hydrogen-bond acceptors (Lipinski definition) is 10. The number of cyclic esters (lactones) is 1. The Bertz CT molecular complexity index is 2730. The van der Waals surface area contributed by atoms with Crippen molar-refractivity contribution in [3.05, 3.63) is 101 Å². The molecule has 3 atom stereocenters. The highest BCUT2D eigenvalue weighted by atomic mass is 16.5. The third kappa shape index (κ3) is 11.0. The van der Waals surface area contributed by atoms with Gasteiger partial charge < -0.3 is 24.3 Å². The van der Waals surface area contributed by atoms with E-state index in [2.05, 4.69) is 100 Å². The zero-order valence-electron chi connectivity index (χ0n) is 41.0. The van der Waals surface area contributed by atoms with Crippen LogP contribution in [0.2, 0.25) is 0 Å². The molecule has 3 amide bonds. The van der Waals surface area contributed by atoms with Crippen LogP contribution in [0.5, 0.6) is 5.75 Å². The molecule has 0 radical (unpaired) electrons. The van der Waals surface area contributed by atoms with Crippen LogP contribution in [-0.2, 0) is 49.7 Å². The van der Waals surface area contributed by atoms with Crippen LogP contribution in [0, 0.1) is 18.3 Å². The van der Waals surface area contributed by atoms with Gasteiger partial charge in [-0.05, 0) is 115 Å². The molecule has 6 bridgehead atoms. The summed E-state index contributed by atoms with van der Waals surface area (Å²) in [5.41, 5.74) is 12.8. The van der Waals surface area contributed by atoms with Crippen LogP contribution < -0.4 is 15.5 Å². The Balaban J connectivity index is 1.21. The molecule has 1 fully saturated rings. The molecule has 0 spiro atoms. The summed E-state index contributed by atoms with van der Waals surface area (Å²) in [6, 6.07) is 22.2. The Hall–Kier alpha value is -6.63. The fraction of sp³-hybridized carbons (Fsp3) is 0.444. The maximum atomic E-state index is 14.7. The van der Waals surface area contributed by atoms with Crippen molar-refractivity contribution in [1.82, 2.24) is 30.2 Å². The number of nitrogens with one attached hydrogen (secondary N) is 2. The first-order valence-corrected chi connectivity index (χ1v) is 23.9. The summed E-state index contributed by atoms with van der Waals surface area (Å²) in [5.74, 6) is -1.14. The van der Waals surface area contributed by atoms with Crippen LogP contribution in [0.15, 0.2) is 89.1 Å². The highest BCUT2D eigenvalue weighted by Gasteiger charge is 2.37. The maximum absolute atomic E-state index is 14.7. The summed E-state index contributed by atoms with van der Waals surface area (Å²) in [7, 11) is 3.20. The number of benzene rings is 3. The molecule has 7 rings (SSSR count). The molecule has 2 aromatic heterocycles. The lowest BCUT2D eigenvalue weighted by atomic mass is 9.84. The van der Waals surface area contributed by atoms with Crippen LogP contribution >= 0.6 is 0 Å². The highest BCUT2D eigenvalue weighted by molar-refractivity contribution is 5.96. The van der Waals surface area contributed by atoms with Gasteiger partial charge in [-0.15, -0.1) is 0 Å². The topological polar surface area (TPSA) is 160 Å². The average Bonchev–Trinajstić information content (AvgIpc) is 3.63. The van der Waals surface area contributed by atoms with E-state index in [0.717, 1.165) is 63.1 Å². The number of esters is 1. The summed E-state index contributed by atoms with van der Waals surface area (Å²) in [4.78, 5) is 71.2. The second-order valence-corrected chi connectivity index (χ2v) is 19.1. The van der Waals surface area contributed by atoms with Crippen molar-refractivity contribution in [1.29, 1.82) is 0 Å². The molecule has 2 aliphatic heterocycles. The van der Waals surface area contributed by atoms with Gasteiger partial charge in [-0.25, -0.2) is 10.4 Å². The number of nitrogens with zero attached hydrogens (tertiary/aromatic N) is 6. The number of rotatable bonds is 12. The minimum Gasteiger partial charge on any atom is -0.497 e. The minimum atomic E-state index is -1.03. The smallest absolute Gasteiger partial charge is 0.324 e. The van der Waals surface area contributed by atoms with E-state index in [0.29, 0.717) is 31.5 Å². The van der Waals surface area contributed by atoms with Gasteiger partial charge in [0.2, 0.25) is 11.8 Å². The van der Waals surface area contributed by atoms with E-state index in [1.165, 1.54) is 21.0 Å². The van der Waals surface area contributed by atoms with Gasteiger partial charge in [0.1, 0.15) is 23.9 Å². The summed E-state index contributed by atoms with van der Waals surface area (Å²) in [5, 5.41) is 5.62. The Kier molecular flexibility index (Phi) is 15.6. The van der Waals surface area contributed by atoms with Crippen molar-refractivity contribution in [2.45, 2.75) is 112 Å². The monoisotopic (exact) mass is 923 g/mol. The first kappa shape index (κ1) is 49.3. The number of hydrazine groups is 1. The normalized spacial score (nSPS) is 17.7. The Morgan fingerprint density at radius 3 is 2.60 bits per heavy atom. The zero-order chi connectivity index (χ0) is 48.7. The van der Waals surface area contributed by atoms with Crippen molar-refractivity contribution in [2.75, 3.05) is 33.9 Å². The third-order valence-corrected chi connectivity index (χ3v) is 13.1. The molecule has 2 aliphatic rings. The lowest BCUT2D eigenvalue weighted by molar-refractivity contribution is -0.155. The minimum absolute atomic E-state index is 0.0274. The molecule has 3 aromatic carbocycles. The van der Waals surface area contributed by atoms with Crippen LogP contribution in [0.25, 0.3) is 33.3 Å². The molecule has 0 unspecified atom stereocenters. The van der Waals surface area contributed by atoms with Gasteiger partial charge in [0, 0.05) is 67.3 Å². The molecule has 358 valence electrons. The van der Waals surface area contributed by atoms with Crippen LogP contribution in [0.4, 0.5) is 5.69 Å². The second kappa shape index (κ2) is 21.5. The van der Waals surface area contributed by atoms with Gasteiger partial charge in [-0.1, -0.05) is 65.0 Å². The van der Waals surface area contributed by atoms with Crippen LogP contribution in [0.3, 0.4) is 0 Å². The van der Waals surface area contributed by atoms with Gasteiger partial charge in [-0.3, -0.25) is 29.2 Å². The molecule has 14 heteroatoms. The van der Waals surface area contributed by atoms with Gasteiger partial charge in [0.15, 0.2) is 0 Å². The zero-order valence-corrected chi connectivity index (χ0v) is 41.0. The number of hydrogen-bond donors (Lipinski definition) is 2. The Morgan fingerprint density at radius 2 is 1.87 bits per heavy atom. The number of carbonyl (C=O) groups is 4. The number of amides is 3. The van der Waals surface area contributed by atoms with Crippen LogP contribution in [0.1, 0.15) is 83.1 Å². The SMILES string of the molecule is CCc1ccncc1-c1c2c3cc(ccc3n1CC)-c1cccc(c1)C[C@H](NC(=O)[C@H](C(C)C)N(C)C(=O)CCN=C=Nc1ccc(OC)cc1C)C(=O)N1CCC[C@H](N1)C(=O)OCC(C)(C)C2. The molecular formula is C54H66N8O6. The van der Waals surface area contributed by atoms with Crippen molar-refractivity contribution in [2.24, 2.45) is 21.3 Å². The van der Waals surface area contributed by atoms with E-state index >= 15 is 0 Å². The predicted octanol–water partition coefficient (Wildman–Crippen LogP) is 8.30. The van der Waals surface area contributed by atoms with Crippen molar-refractivity contribution >= 4 is 46.3 Å². The van der Waals surface area contributed by atoms with Crippen LogP contribution in [-0.4, -0.2) is 101 Å². The molecule has 0 saturated carbocycles. The van der Waals surface area contributed by atoms with Crippen molar-refractivity contribution in [3.8, 4) is 28.1 Å². The third-order valence-electron chi connectivity index (χ3n) is 13.1. The van der Waals surface area contributed by atoms with E-state index in [1.54, 1.807) is 20.2 Å². The molecule has 0 aliphatic carbocycles. The Morgan fingerprint density at radius 1 is 1.07 bits per heavy atom. The maximum Gasteiger partial charge on any atom is 0.324 e. The molecular weight excluding hydrogens is 857 g/mol. The Labute approximate surface area is 400 Å². The van der Waals surface area contributed by atoms with Crippen molar-refractivity contribution in [3.63, 3.8) is 0 Å². The van der Waals surface area contributed by atoms with Crippen molar-refractivity contribution < 1.29 is 28.7 Å². The predicted molar refractivity (Wildman–Crippen MR) is 266 cm³/mol. The summed E-state index contributed by atoms with van der Waals surface area (Å²) >= 11 is 0. The van der Waals surface area contributed by atoms with E-state index in [4.69, 9.17) is 9.47 Å². The average molecular weight is 923 g/mol. The highest BCUT2D eigenvalue weighted by Crippen LogP contribution is 2.41. The first-order chi connectivity index (χ1) is 32.6. The molecule has 1 saturated heterocycles. The number of methoxy groups -OCH3 is 1. The van der Waals surface area contributed by atoms with E-state index in [1.807, 2.05) is 57.4 Å². The molecule has 4 heterocycles. The number of carbonyl (C=O) groups excluding carboxylic acids is 4. The number of ether oxygens (including phenoxy) is 2. The van der Waals surface area contributed by atoms with E-state index in [-0.39, 0.29) is 43.7 Å². The number of aliphatic imine (C=N–C) groups is 2.